The Balaban J connectivity index is 2.92. The highest BCUT2D eigenvalue weighted by Gasteiger charge is 2.19. The van der Waals surface area contributed by atoms with Gasteiger partial charge in [-0.2, -0.15) is 0 Å². The van der Waals surface area contributed by atoms with Gasteiger partial charge in [-0.1, -0.05) is 0 Å². The van der Waals surface area contributed by atoms with E-state index in [2.05, 4.69) is 43.6 Å². The summed E-state index contributed by atoms with van der Waals surface area (Å²) in [6, 6.07) is 4.07. The van der Waals surface area contributed by atoms with Crippen LogP contribution in [0.25, 0.3) is 0 Å². The summed E-state index contributed by atoms with van der Waals surface area (Å²) in [5.74, 6) is 0. The third-order valence-electron chi connectivity index (χ3n) is 2.08. The molecule has 13 heavy (non-hydrogen) atoms. The highest BCUT2D eigenvalue weighted by molar-refractivity contribution is 5.45. The molecular weight excluding hydrogens is 160 g/mol. The molecule has 0 saturated carbocycles. The molecule has 0 unspecified atom stereocenters. The van der Waals surface area contributed by atoms with E-state index < -0.39 is 0 Å². The van der Waals surface area contributed by atoms with Crippen LogP contribution < -0.4 is 4.90 Å². The average Bonchev–Trinajstić information content (AvgIpc) is 2.05. The molecule has 1 rings (SSSR count). The molecule has 0 radical (unpaired) electrons. The van der Waals surface area contributed by atoms with Gasteiger partial charge in [0.05, 0.1) is 11.9 Å². The summed E-state index contributed by atoms with van der Waals surface area (Å²) < 4.78 is 0. The Kier molecular flexibility index (Phi) is 2.91. The number of hydrogen-bond donors (Lipinski definition) is 0. The van der Waals surface area contributed by atoms with E-state index in [0.29, 0.717) is 0 Å². The summed E-state index contributed by atoms with van der Waals surface area (Å²) in [5, 5.41) is 0. The third-order valence-corrected chi connectivity index (χ3v) is 2.08. The first-order chi connectivity index (χ1) is 6.05. The molecule has 1 aromatic heterocycles. The molecule has 2 heteroatoms. The van der Waals surface area contributed by atoms with Gasteiger partial charge in [-0.05, 0) is 39.8 Å². The van der Waals surface area contributed by atoms with Gasteiger partial charge in [0, 0.05) is 18.3 Å². The van der Waals surface area contributed by atoms with Gasteiger partial charge < -0.3 is 4.90 Å². The third kappa shape index (κ3) is 2.44. The fraction of sp³-hybridized carbons (Fsp3) is 0.545. The Morgan fingerprint density at radius 1 is 1.38 bits per heavy atom. The van der Waals surface area contributed by atoms with E-state index in [-0.39, 0.29) is 5.54 Å². The van der Waals surface area contributed by atoms with Gasteiger partial charge in [0.1, 0.15) is 0 Å². The number of anilines is 1. The molecule has 0 amide bonds. The van der Waals surface area contributed by atoms with E-state index in [1.807, 2.05) is 12.3 Å². The molecule has 0 aliphatic heterocycles. The van der Waals surface area contributed by atoms with Gasteiger partial charge in [0.15, 0.2) is 0 Å². The predicted octanol–water partition coefficient (Wildman–Crippen LogP) is 2.71. The first kappa shape index (κ1) is 10.0. The smallest absolute Gasteiger partial charge is 0.0556 e. The van der Waals surface area contributed by atoms with Crippen molar-refractivity contribution in [1.29, 1.82) is 0 Å². The molecular formula is C11H18N2. The van der Waals surface area contributed by atoms with Crippen molar-refractivity contribution in [3.63, 3.8) is 0 Å². The fourth-order valence-corrected chi connectivity index (χ4v) is 1.56. The van der Waals surface area contributed by atoms with Gasteiger partial charge in [0.25, 0.3) is 0 Å². The lowest BCUT2D eigenvalue weighted by molar-refractivity contribution is 0.513. The minimum absolute atomic E-state index is 0.164. The summed E-state index contributed by atoms with van der Waals surface area (Å²) in [4.78, 5) is 6.46. The van der Waals surface area contributed by atoms with Crippen LogP contribution in [0, 0.1) is 0 Å². The molecule has 0 atom stereocenters. The van der Waals surface area contributed by atoms with Crippen LogP contribution in [0.5, 0.6) is 0 Å². The minimum atomic E-state index is 0.164. The average molecular weight is 178 g/mol. The molecule has 0 N–H and O–H groups in total. The summed E-state index contributed by atoms with van der Waals surface area (Å²) in [7, 11) is 0. The van der Waals surface area contributed by atoms with E-state index in [0.717, 1.165) is 6.54 Å². The van der Waals surface area contributed by atoms with Crippen molar-refractivity contribution in [1.82, 2.24) is 4.98 Å². The van der Waals surface area contributed by atoms with Crippen LogP contribution in [0.2, 0.25) is 0 Å². The Labute approximate surface area is 80.6 Å². The molecule has 0 aromatic carbocycles. The Bertz CT molecular complexity index is 249. The lowest BCUT2D eigenvalue weighted by atomic mass is 10.1. The number of nitrogens with zero attached hydrogens (tertiary/aromatic N) is 2. The van der Waals surface area contributed by atoms with Crippen molar-refractivity contribution < 1.29 is 0 Å². The maximum absolute atomic E-state index is 4.13. The number of rotatable bonds is 2. The first-order valence-corrected chi connectivity index (χ1v) is 4.73. The highest BCUT2D eigenvalue weighted by Crippen LogP contribution is 2.21. The second-order valence-corrected chi connectivity index (χ2v) is 4.13. The molecule has 1 aromatic rings. The zero-order chi connectivity index (χ0) is 9.90. The molecule has 0 aliphatic carbocycles. The molecule has 0 saturated heterocycles. The van der Waals surface area contributed by atoms with Gasteiger partial charge in [-0.25, -0.2) is 0 Å². The van der Waals surface area contributed by atoms with Crippen molar-refractivity contribution in [2.45, 2.75) is 33.2 Å². The molecule has 0 bridgehead atoms. The van der Waals surface area contributed by atoms with Gasteiger partial charge in [-0.15, -0.1) is 0 Å². The van der Waals surface area contributed by atoms with Crippen molar-refractivity contribution in [2.24, 2.45) is 0 Å². The van der Waals surface area contributed by atoms with E-state index >= 15 is 0 Å². The summed E-state index contributed by atoms with van der Waals surface area (Å²) in [5.41, 5.74) is 1.36. The topological polar surface area (TPSA) is 16.1 Å². The van der Waals surface area contributed by atoms with Crippen LogP contribution in [0.15, 0.2) is 24.5 Å². The van der Waals surface area contributed by atoms with Crippen LogP contribution in [-0.4, -0.2) is 17.1 Å². The molecule has 1 heterocycles. The molecule has 72 valence electrons. The molecule has 2 nitrogen and oxygen atoms in total. The van der Waals surface area contributed by atoms with Crippen LogP contribution in [-0.2, 0) is 0 Å². The second kappa shape index (κ2) is 3.77. The number of pyridine rings is 1. The molecule has 0 aliphatic rings. The molecule has 0 spiro atoms. The van der Waals surface area contributed by atoms with Crippen molar-refractivity contribution in [2.75, 3.05) is 11.4 Å². The first-order valence-electron chi connectivity index (χ1n) is 4.73. The van der Waals surface area contributed by atoms with Gasteiger partial charge >= 0.3 is 0 Å². The van der Waals surface area contributed by atoms with Crippen molar-refractivity contribution in [3.05, 3.63) is 24.5 Å². The minimum Gasteiger partial charge on any atom is -0.366 e. The molecule has 0 fully saturated rings. The monoisotopic (exact) mass is 178 g/mol. The Morgan fingerprint density at radius 2 is 2.08 bits per heavy atom. The van der Waals surface area contributed by atoms with Crippen LogP contribution in [0.3, 0.4) is 0 Å². The number of hydrogen-bond acceptors (Lipinski definition) is 2. The zero-order valence-corrected chi connectivity index (χ0v) is 8.91. The van der Waals surface area contributed by atoms with E-state index in [1.54, 1.807) is 6.20 Å². The maximum Gasteiger partial charge on any atom is 0.0556 e. The quantitative estimate of drug-likeness (QED) is 0.692. The maximum atomic E-state index is 4.13. The van der Waals surface area contributed by atoms with E-state index in [1.165, 1.54) is 5.69 Å². The van der Waals surface area contributed by atoms with E-state index in [4.69, 9.17) is 0 Å². The SMILES string of the molecule is CCN(c1cccnc1)C(C)(C)C. The largest absolute Gasteiger partial charge is 0.366 e. The van der Waals surface area contributed by atoms with Crippen molar-refractivity contribution >= 4 is 5.69 Å². The Morgan fingerprint density at radius 3 is 2.46 bits per heavy atom. The summed E-state index contributed by atoms with van der Waals surface area (Å²) in [6.45, 7) is 9.81. The Hall–Kier alpha value is -1.05. The standard InChI is InChI=1S/C11H18N2/c1-5-13(11(2,3)4)10-7-6-8-12-9-10/h6-9H,5H2,1-4H3. The lowest BCUT2D eigenvalue weighted by Crippen LogP contribution is -2.41. The van der Waals surface area contributed by atoms with Crippen LogP contribution >= 0.6 is 0 Å². The summed E-state index contributed by atoms with van der Waals surface area (Å²) >= 11 is 0. The second-order valence-electron chi connectivity index (χ2n) is 4.13. The lowest BCUT2D eigenvalue weighted by Gasteiger charge is -2.36. The summed E-state index contributed by atoms with van der Waals surface area (Å²) in [6.07, 6.45) is 3.72. The van der Waals surface area contributed by atoms with Crippen LogP contribution in [0.1, 0.15) is 27.7 Å². The van der Waals surface area contributed by atoms with E-state index in [9.17, 15) is 0 Å². The van der Waals surface area contributed by atoms with Gasteiger partial charge in [-0.3, -0.25) is 4.98 Å². The number of aromatic nitrogens is 1. The predicted molar refractivity (Wildman–Crippen MR) is 57.0 cm³/mol. The zero-order valence-electron chi connectivity index (χ0n) is 8.91. The van der Waals surface area contributed by atoms with Gasteiger partial charge in [0.2, 0.25) is 0 Å². The van der Waals surface area contributed by atoms with Crippen molar-refractivity contribution in [3.8, 4) is 0 Å². The highest BCUT2D eigenvalue weighted by atomic mass is 15.2. The normalized spacial score (nSPS) is 11.4. The fourth-order valence-electron chi connectivity index (χ4n) is 1.56. The van der Waals surface area contributed by atoms with Crippen LogP contribution in [0.4, 0.5) is 5.69 Å².